The fourth-order valence-electron chi connectivity index (χ4n) is 3.10. The van der Waals surface area contributed by atoms with Gasteiger partial charge >= 0.3 is 0 Å². The van der Waals surface area contributed by atoms with Crippen LogP contribution in [0.1, 0.15) is 51.9 Å². The summed E-state index contributed by atoms with van der Waals surface area (Å²) in [6.07, 6.45) is 8.40. The van der Waals surface area contributed by atoms with Crippen LogP contribution in [0.15, 0.2) is 0 Å². The van der Waals surface area contributed by atoms with Gasteiger partial charge in [0.2, 0.25) is 5.91 Å². The first-order valence-electron chi connectivity index (χ1n) is 6.12. The Morgan fingerprint density at radius 2 is 2.07 bits per heavy atom. The smallest absolute Gasteiger partial charge is 0.222 e. The number of hydrogen-bond donors (Lipinski definition) is 0. The van der Waals surface area contributed by atoms with Crippen LogP contribution in [0.3, 0.4) is 0 Å². The summed E-state index contributed by atoms with van der Waals surface area (Å²) in [4.78, 5) is 13.9. The van der Waals surface area contributed by atoms with Crippen LogP contribution in [-0.4, -0.2) is 23.4 Å². The summed E-state index contributed by atoms with van der Waals surface area (Å²) >= 11 is 0. The van der Waals surface area contributed by atoms with Crippen LogP contribution in [0.4, 0.5) is 0 Å². The molecule has 0 spiro atoms. The Labute approximate surface area is 86.7 Å². The van der Waals surface area contributed by atoms with Crippen LogP contribution >= 0.6 is 0 Å². The van der Waals surface area contributed by atoms with Crippen molar-refractivity contribution in [3.05, 3.63) is 0 Å². The standard InChI is InChI=1S/C12H21NO/c1-2-9-13-11-6-4-3-5-10(11)7-8-12(13)14/h10-11H,2-9H2,1H3/t10-,11-/m0/s1. The summed E-state index contributed by atoms with van der Waals surface area (Å²) < 4.78 is 0. The molecule has 1 saturated carbocycles. The number of nitrogens with zero attached hydrogens (tertiary/aromatic N) is 1. The minimum Gasteiger partial charge on any atom is -0.339 e. The molecule has 2 aliphatic rings. The van der Waals surface area contributed by atoms with Gasteiger partial charge in [-0.2, -0.15) is 0 Å². The summed E-state index contributed by atoms with van der Waals surface area (Å²) in [6.45, 7) is 3.15. The second kappa shape index (κ2) is 4.33. The van der Waals surface area contributed by atoms with Crippen LogP contribution in [0.2, 0.25) is 0 Å². The molecule has 1 amide bonds. The second-order valence-corrected chi connectivity index (χ2v) is 4.74. The van der Waals surface area contributed by atoms with E-state index in [1.54, 1.807) is 0 Å². The van der Waals surface area contributed by atoms with Gasteiger partial charge in [0.25, 0.3) is 0 Å². The van der Waals surface area contributed by atoms with Crippen LogP contribution < -0.4 is 0 Å². The number of carbonyl (C=O) groups excluding carboxylic acids is 1. The van der Waals surface area contributed by atoms with E-state index in [9.17, 15) is 4.79 Å². The van der Waals surface area contributed by atoms with E-state index in [1.807, 2.05) is 0 Å². The van der Waals surface area contributed by atoms with Crippen molar-refractivity contribution < 1.29 is 4.79 Å². The third-order valence-corrected chi connectivity index (χ3v) is 3.78. The van der Waals surface area contributed by atoms with Gasteiger partial charge in [0.1, 0.15) is 0 Å². The average molecular weight is 195 g/mol. The highest BCUT2D eigenvalue weighted by atomic mass is 16.2. The van der Waals surface area contributed by atoms with Gasteiger partial charge in [-0.25, -0.2) is 0 Å². The Kier molecular flexibility index (Phi) is 3.09. The van der Waals surface area contributed by atoms with E-state index in [1.165, 1.54) is 25.7 Å². The van der Waals surface area contributed by atoms with Crippen molar-refractivity contribution in [2.24, 2.45) is 5.92 Å². The molecule has 2 nitrogen and oxygen atoms in total. The molecule has 0 aromatic carbocycles. The summed E-state index contributed by atoms with van der Waals surface area (Å²) in [5.41, 5.74) is 0. The summed E-state index contributed by atoms with van der Waals surface area (Å²) in [7, 11) is 0. The van der Waals surface area contributed by atoms with Crippen molar-refractivity contribution in [1.82, 2.24) is 4.90 Å². The molecule has 0 unspecified atom stereocenters. The highest BCUT2D eigenvalue weighted by molar-refractivity contribution is 5.77. The molecule has 0 bridgehead atoms. The third kappa shape index (κ3) is 1.79. The molecular weight excluding hydrogens is 174 g/mol. The molecule has 2 fully saturated rings. The lowest BCUT2D eigenvalue weighted by Gasteiger charge is -2.44. The Bertz CT molecular complexity index is 214. The van der Waals surface area contributed by atoms with E-state index in [4.69, 9.17) is 0 Å². The minimum atomic E-state index is 0.412. The van der Waals surface area contributed by atoms with Gasteiger partial charge in [-0.15, -0.1) is 0 Å². The second-order valence-electron chi connectivity index (χ2n) is 4.74. The lowest BCUT2D eigenvalue weighted by Crippen LogP contribution is -2.50. The quantitative estimate of drug-likeness (QED) is 0.663. The Balaban J connectivity index is 2.05. The zero-order valence-corrected chi connectivity index (χ0v) is 9.17. The molecule has 1 aliphatic heterocycles. The fraction of sp³-hybridized carbons (Fsp3) is 0.917. The third-order valence-electron chi connectivity index (χ3n) is 3.78. The average Bonchev–Trinajstić information content (AvgIpc) is 2.23. The highest BCUT2D eigenvalue weighted by Gasteiger charge is 2.36. The zero-order chi connectivity index (χ0) is 9.97. The number of hydrogen-bond acceptors (Lipinski definition) is 1. The van der Waals surface area contributed by atoms with Gasteiger partial charge in [0.05, 0.1) is 0 Å². The molecule has 0 N–H and O–H groups in total. The molecule has 0 radical (unpaired) electrons. The molecule has 14 heavy (non-hydrogen) atoms. The van der Waals surface area contributed by atoms with Crippen molar-refractivity contribution in [3.8, 4) is 0 Å². The molecule has 1 aliphatic carbocycles. The Hall–Kier alpha value is -0.530. The van der Waals surface area contributed by atoms with E-state index in [-0.39, 0.29) is 0 Å². The molecule has 0 aromatic heterocycles. The molecule has 2 atom stereocenters. The molecule has 0 aromatic rings. The van der Waals surface area contributed by atoms with E-state index in [0.29, 0.717) is 11.9 Å². The summed E-state index contributed by atoms with van der Waals surface area (Å²) in [5.74, 6) is 1.24. The molecule has 80 valence electrons. The molecule has 2 heteroatoms. The first-order chi connectivity index (χ1) is 6.83. The largest absolute Gasteiger partial charge is 0.339 e. The van der Waals surface area contributed by atoms with Gasteiger partial charge < -0.3 is 4.90 Å². The molecule has 1 saturated heterocycles. The van der Waals surface area contributed by atoms with Gasteiger partial charge in [-0.05, 0) is 31.6 Å². The van der Waals surface area contributed by atoms with Gasteiger partial charge in [0, 0.05) is 19.0 Å². The monoisotopic (exact) mass is 195 g/mol. The molecule has 2 rings (SSSR count). The van der Waals surface area contributed by atoms with Crippen molar-refractivity contribution in [3.63, 3.8) is 0 Å². The van der Waals surface area contributed by atoms with Gasteiger partial charge in [-0.3, -0.25) is 4.79 Å². The van der Waals surface area contributed by atoms with Crippen molar-refractivity contribution in [2.45, 2.75) is 57.9 Å². The maximum Gasteiger partial charge on any atom is 0.222 e. The van der Waals surface area contributed by atoms with Crippen molar-refractivity contribution in [1.29, 1.82) is 0 Å². The van der Waals surface area contributed by atoms with Crippen LogP contribution in [-0.2, 0) is 4.79 Å². The number of carbonyl (C=O) groups is 1. The predicted molar refractivity (Wildman–Crippen MR) is 57.0 cm³/mol. The maximum absolute atomic E-state index is 11.8. The van der Waals surface area contributed by atoms with E-state index < -0.39 is 0 Å². The lowest BCUT2D eigenvalue weighted by atomic mass is 9.78. The minimum absolute atomic E-state index is 0.412. The highest BCUT2D eigenvalue weighted by Crippen LogP contribution is 2.35. The Morgan fingerprint density at radius 1 is 1.29 bits per heavy atom. The van der Waals surface area contributed by atoms with E-state index in [2.05, 4.69) is 11.8 Å². The van der Waals surface area contributed by atoms with Crippen LogP contribution in [0.25, 0.3) is 0 Å². The summed E-state index contributed by atoms with van der Waals surface area (Å²) in [6, 6.07) is 0.602. The first kappa shape index (κ1) is 10.0. The van der Waals surface area contributed by atoms with Gasteiger partial charge in [-0.1, -0.05) is 19.8 Å². The zero-order valence-electron chi connectivity index (χ0n) is 9.17. The normalized spacial score (nSPS) is 32.9. The van der Waals surface area contributed by atoms with E-state index >= 15 is 0 Å². The van der Waals surface area contributed by atoms with Crippen LogP contribution in [0, 0.1) is 5.92 Å². The Morgan fingerprint density at radius 3 is 2.86 bits per heavy atom. The van der Waals surface area contributed by atoms with Crippen molar-refractivity contribution >= 4 is 5.91 Å². The fourth-order valence-corrected chi connectivity index (χ4v) is 3.10. The molecular formula is C12H21NO. The topological polar surface area (TPSA) is 20.3 Å². The number of amides is 1. The lowest BCUT2D eigenvalue weighted by molar-refractivity contribution is -0.140. The van der Waals surface area contributed by atoms with Crippen LogP contribution in [0.5, 0.6) is 0 Å². The maximum atomic E-state index is 11.8. The number of likely N-dealkylation sites (tertiary alicyclic amines) is 1. The first-order valence-corrected chi connectivity index (χ1v) is 6.12. The number of piperidine rings is 1. The van der Waals surface area contributed by atoms with Gasteiger partial charge in [0.15, 0.2) is 0 Å². The number of rotatable bonds is 2. The van der Waals surface area contributed by atoms with Crippen molar-refractivity contribution in [2.75, 3.05) is 6.54 Å². The summed E-state index contributed by atoms with van der Waals surface area (Å²) in [5, 5.41) is 0. The number of fused-ring (bicyclic) bond motifs is 1. The van der Waals surface area contributed by atoms with E-state index in [0.717, 1.165) is 31.7 Å². The molecule has 1 heterocycles. The SMILES string of the molecule is CCCN1C(=O)CC[C@@H]2CCCC[C@@H]21. The predicted octanol–water partition coefficient (Wildman–Crippen LogP) is 2.58.